The summed E-state index contributed by atoms with van der Waals surface area (Å²) < 4.78 is 6.57. The van der Waals surface area contributed by atoms with Gasteiger partial charge in [-0.1, -0.05) is 28.1 Å². The number of amides is 2. The average molecular weight is 551 g/mol. The van der Waals surface area contributed by atoms with Crippen molar-refractivity contribution in [1.29, 1.82) is 5.26 Å². The smallest absolute Gasteiger partial charge is 0.247 e. The van der Waals surface area contributed by atoms with Crippen molar-refractivity contribution in [2.24, 2.45) is 4.99 Å². The molecule has 2 heterocycles. The second-order valence-electron chi connectivity index (χ2n) is 8.62. The number of nitriles is 1. The van der Waals surface area contributed by atoms with Crippen molar-refractivity contribution in [3.8, 4) is 6.19 Å². The van der Waals surface area contributed by atoms with Gasteiger partial charge in [-0.15, -0.1) is 0 Å². The van der Waals surface area contributed by atoms with Gasteiger partial charge in [0.25, 0.3) is 0 Å². The molecule has 1 aliphatic heterocycles. The molecule has 4 rings (SSSR count). The van der Waals surface area contributed by atoms with Gasteiger partial charge in [-0.3, -0.25) is 14.9 Å². The molecule has 1 atom stereocenters. The lowest BCUT2D eigenvalue weighted by Gasteiger charge is -2.22. The van der Waals surface area contributed by atoms with Crippen LogP contribution in [0.25, 0.3) is 11.0 Å². The first kappa shape index (κ1) is 25.3. The largest absolute Gasteiger partial charge is 0.461 e. The van der Waals surface area contributed by atoms with E-state index in [1.54, 1.807) is 4.90 Å². The van der Waals surface area contributed by atoms with Crippen LogP contribution in [0.1, 0.15) is 30.6 Å². The number of anilines is 1. The highest BCUT2D eigenvalue weighted by Gasteiger charge is 2.28. The molecule has 1 aromatic heterocycles. The molecule has 0 aliphatic carbocycles. The fourth-order valence-corrected chi connectivity index (χ4v) is 4.35. The zero-order chi connectivity index (χ0) is 25.5. The van der Waals surface area contributed by atoms with Gasteiger partial charge in [-0.2, -0.15) is 5.26 Å². The third kappa shape index (κ3) is 6.64. The van der Waals surface area contributed by atoms with E-state index in [9.17, 15) is 14.9 Å². The Hall–Kier alpha value is -3.84. The van der Waals surface area contributed by atoms with Gasteiger partial charge in [-0.05, 0) is 68.1 Å². The second kappa shape index (κ2) is 11.7. The quantitative estimate of drug-likeness (QED) is 0.184. The molecule has 9 nitrogen and oxygen atoms in total. The van der Waals surface area contributed by atoms with Crippen molar-refractivity contribution in [1.82, 2.24) is 15.5 Å². The van der Waals surface area contributed by atoms with Crippen LogP contribution in [0, 0.1) is 18.4 Å². The number of aryl methyl sites for hydroxylation is 1. The molecule has 1 unspecified atom stereocenters. The zero-order valence-corrected chi connectivity index (χ0v) is 21.5. The van der Waals surface area contributed by atoms with Crippen LogP contribution < -0.4 is 16.0 Å². The van der Waals surface area contributed by atoms with Crippen LogP contribution >= 0.6 is 15.9 Å². The number of nitrogens with zero attached hydrogens (tertiary/aromatic N) is 3. The maximum absolute atomic E-state index is 13.2. The molecule has 0 saturated carbocycles. The lowest BCUT2D eigenvalue weighted by Crippen LogP contribution is -2.44. The summed E-state index contributed by atoms with van der Waals surface area (Å²) in [6.45, 7) is 2.71. The standard InChI is InChI=1S/C26H27BrN6O3/c1-17-12-19-13-21(9-10-23(19)36-17)31-26(30-16-28)32-22-4-2-3-11-33(25(22)35)15-24(34)29-14-18-5-7-20(27)8-6-18/h5-10,12-13,22H,2-4,11,14-15H2,1H3,(H,29,34)(H2,30,31,32). The van der Waals surface area contributed by atoms with Crippen molar-refractivity contribution >= 4 is 50.4 Å². The number of hydrogen-bond donors (Lipinski definition) is 3. The first-order valence-corrected chi connectivity index (χ1v) is 12.5. The maximum Gasteiger partial charge on any atom is 0.247 e. The number of aliphatic imine (C=N–C) groups is 1. The number of guanidine groups is 1. The highest BCUT2D eigenvalue weighted by Crippen LogP contribution is 2.23. The maximum atomic E-state index is 13.2. The minimum atomic E-state index is -0.699. The number of hydrogen-bond acceptors (Lipinski definition) is 5. The van der Waals surface area contributed by atoms with E-state index in [0.29, 0.717) is 25.2 Å². The van der Waals surface area contributed by atoms with Gasteiger partial charge in [0.05, 0.1) is 6.54 Å². The van der Waals surface area contributed by atoms with Gasteiger partial charge in [0.1, 0.15) is 17.4 Å². The number of halogens is 1. The first-order valence-electron chi connectivity index (χ1n) is 11.7. The van der Waals surface area contributed by atoms with Crippen LogP contribution in [-0.4, -0.2) is 41.8 Å². The lowest BCUT2D eigenvalue weighted by molar-refractivity contribution is -0.136. The molecule has 2 aromatic carbocycles. The van der Waals surface area contributed by atoms with Crippen LogP contribution in [0.4, 0.5) is 5.69 Å². The van der Waals surface area contributed by atoms with E-state index in [4.69, 9.17) is 4.42 Å². The minimum Gasteiger partial charge on any atom is -0.461 e. The highest BCUT2D eigenvalue weighted by atomic mass is 79.9. The van der Waals surface area contributed by atoms with E-state index in [0.717, 1.165) is 39.6 Å². The van der Waals surface area contributed by atoms with Gasteiger partial charge in [0.2, 0.25) is 17.8 Å². The summed E-state index contributed by atoms with van der Waals surface area (Å²) >= 11 is 3.39. The molecule has 1 fully saturated rings. The molecule has 0 radical (unpaired) electrons. The Morgan fingerprint density at radius 2 is 2.03 bits per heavy atom. The molecule has 10 heteroatoms. The molecule has 0 bridgehead atoms. The molecular formula is C26H27BrN6O3. The van der Waals surface area contributed by atoms with Crippen LogP contribution in [0.5, 0.6) is 0 Å². The fraction of sp³-hybridized carbons (Fsp3) is 0.308. The van der Waals surface area contributed by atoms with Crippen molar-refractivity contribution < 1.29 is 14.0 Å². The zero-order valence-electron chi connectivity index (χ0n) is 19.9. The Kier molecular flexibility index (Phi) is 8.23. The summed E-state index contributed by atoms with van der Waals surface area (Å²) in [5.74, 6) is 0.521. The summed E-state index contributed by atoms with van der Waals surface area (Å²) in [5.41, 5.74) is 2.44. The molecule has 2 amide bonds. The highest BCUT2D eigenvalue weighted by molar-refractivity contribution is 9.10. The van der Waals surface area contributed by atoms with Crippen LogP contribution in [0.2, 0.25) is 0 Å². The van der Waals surface area contributed by atoms with Crippen LogP contribution in [-0.2, 0) is 16.1 Å². The number of benzene rings is 2. The Labute approximate surface area is 217 Å². The van der Waals surface area contributed by atoms with Crippen molar-refractivity contribution in [3.63, 3.8) is 0 Å². The summed E-state index contributed by atoms with van der Waals surface area (Å²) in [7, 11) is 0. The number of carbonyl (C=O) groups excluding carboxylic acids is 2. The van der Waals surface area contributed by atoms with E-state index in [2.05, 4.69) is 36.9 Å². The van der Waals surface area contributed by atoms with Crippen molar-refractivity contribution in [2.45, 2.75) is 38.8 Å². The number of fused-ring (bicyclic) bond motifs is 1. The number of furan rings is 1. The molecule has 0 spiro atoms. The average Bonchev–Trinajstić information content (AvgIpc) is 3.15. The Bertz CT molecular complexity index is 1310. The van der Waals surface area contributed by atoms with Gasteiger partial charge in [0, 0.05) is 28.6 Å². The topological polar surface area (TPSA) is 123 Å². The third-order valence-corrected chi connectivity index (χ3v) is 6.38. The Morgan fingerprint density at radius 1 is 1.22 bits per heavy atom. The van der Waals surface area contributed by atoms with E-state index in [-0.39, 0.29) is 24.3 Å². The van der Waals surface area contributed by atoms with E-state index >= 15 is 0 Å². The summed E-state index contributed by atoms with van der Waals surface area (Å²) in [5, 5.41) is 18.6. The molecule has 186 valence electrons. The van der Waals surface area contributed by atoms with E-state index in [1.165, 1.54) is 0 Å². The molecule has 1 saturated heterocycles. The fourth-order valence-electron chi connectivity index (χ4n) is 4.09. The van der Waals surface area contributed by atoms with E-state index in [1.807, 2.05) is 61.6 Å². The number of nitrogens with one attached hydrogen (secondary N) is 3. The molecule has 3 aromatic rings. The predicted molar refractivity (Wildman–Crippen MR) is 141 cm³/mol. The van der Waals surface area contributed by atoms with Gasteiger partial charge in [-0.25, -0.2) is 4.99 Å². The van der Waals surface area contributed by atoms with Gasteiger partial charge < -0.3 is 20.0 Å². The monoisotopic (exact) mass is 550 g/mol. The molecule has 36 heavy (non-hydrogen) atoms. The number of carbonyl (C=O) groups is 2. The van der Waals surface area contributed by atoms with Crippen molar-refractivity contribution in [3.05, 3.63) is 64.3 Å². The predicted octanol–water partition coefficient (Wildman–Crippen LogP) is 4.04. The lowest BCUT2D eigenvalue weighted by atomic mass is 10.1. The normalized spacial score (nSPS) is 16.4. The van der Waals surface area contributed by atoms with Gasteiger partial charge >= 0.3 is 0 Å². The SMILES string of the molecule is Cc1cc2cc(NC(=NC3CCCCN(CC(=O)NCc4ccc(Br)cc4)C3=O)NC#N)ccc2o1. The van der Waals surface area contributed by atoms with Gasteiger partial charge in [0.15, 0.2) is 6.19 Å². The Morgan fingerprint density at radius 3 is 2.81 bits per heavy atom. The summed E-state index contributed by atoms with van der Waals surface area (Å²) in [6, 6.07) is 14.4. The van der Waals surface area contributed by atoms with E-state index < -0.39 is 6.04 Å². The van der Waals surface area contributed by atoms with Crippen molar-refractivity contribution in [2.75, 3.05) is 18.4 Å². The van der Waals surface area contributed by atoms with Crippen LogP contribution in [0.15, 0.2) is 62.4 Å². The van der Waals surface area contributed by atoms with Crippen LogP contribution in [0.3, 0.4) is 0 Å². The third-order valence-electron chi connectivity index (χ3n) is 5.85. The number of rotatable bonds is 6. The number of likely N-dealkylation sites (tertiary alicyclic amines) is 1. The molecular weight excluding hydrogens is 524 g/mol. The second-order valence-corrected chi connectivity index (χ2v) is 9.54. The summed E-state index contributed by atoms with van der Waals surface area (Å²) in [4.78, 5) is 31.9. The Balaban J connectivity index is 1.42. The molecule has 3 N–H and O–H groups in total. The molecule has 1 aliphatic rings. The summed E-state index contributed by atoms with van der Waals surface area (Å²) in [6.07, 6.45) is 3.98. The first-order chi connectivity index (χ1) is 17.4. The minimum absolute atomic E-state index is 0.0354.